The molecule has 10 aromatic rings. The van der Waals surface area contributed by atoms with Crippen LogP contribution in [0.2, 0.25) is 0 Å². The average Bonchev–Trinajstić information content (AvgIpc) is 3.41. The number of aryl methyl sites for hydroxylation is 3. The van der Waals surface area contributed by atoms with Crippen LogP contribution in [0.15, 0.2) is 270 Å². The third kappa shape index (κ3) is 9.16. The van der Waals surface area contributed by atoms with Crippen LogP contribution < -0.4 is 4.90 Å². The van der Waals surface area contributed by atoms with E-state index in [4.69, 9.17) is 0 Å². The minimum absolute atomic E-state index is 0.288. The number of anilines is 3. The number of hydrogen-bond acceptors (Lipinski definition) is 5. The predicted octanol–water partition coefficient (Wildman–Crippen LogP) is 19.8. The second-order valence-corrected chi connectivity index (χ2v) is 22.4. The van der Waals surface area contributed by atoms with Crippen LogP contribution in [0, 0.1) is 13.8 Å². The van der Waals surface area contributed by atoms with Gasteiger partial charge in [-0.25, -0.2) is 0 Å². The molecule has 0 bridgehead atoms. The van der Waals surface area contributed by atoms with Crippen LogP contribution in [0.4, 0.5) is 17.1 Å². The van der Waals surface area contributed by atoms with E-state index >= 15 is 0 Å². The van der Waals surface area contributed by atoms with Crippen molar-refractivity contribution in [1.29, 1.82) is 0 Å². The normalized spacial score (nSPS) is 12.8. The molecule has 0 aliphatic carbocycles. The van der Waals surface area contributed by atoms with E-state index in [9.17, 15) is 0 Å². The van der Waals surface area contributed by atoms with Gasteiger partial charge in [0.1, 0.15) is 0 Å². The van der Waals surface area contributed by atoms with Gasteiger partial charge in [0, 0.05) is 62.1 Å². The molecule has 1 atom stereocenters. The van der Waals surface area contributed by atoms with Crippen LogP contribution in [-0.2, 0) is 6.42 Å². The Morgan fingerprint density at radius 2 is 0.686 bits per heavy atom. The summed E-state index contributed by atoms with van der Waals surface area (Å²) >= 11 is 7.52. The zero-order chi connectivity index (χ0) is 47.0. The predicted molar refractivity (Wildman–Crippen MR) is 299 cm³/mol. The lowest BCUT2D eigenvalue weighted by Crippen LogP contribution is -2.09. The van der Waals surface area contributed by atoms with Crippen LogP contribution in [0.5, 0.6) is 0 Å². The summed E-state index contributed by atoms with van der Waals surface area (Å²) in [5, 5.41) is 0. The maximum Gasteiger partial charge on any atom is 0.0462 e. The maximum absolute atomic E-state index is 2.37. The summed E-state index contributed by atoms with van der Waals surface area (Å²) in [5.41, 5.74) is 17.5. The molecule has 0 radical (unpaired) electrons. The first-order chi connectivity index (χ1) is 34.5. The van der Waals surface area contributed by atoms with E-state index in [1.807, 2.05) is 47.0 Å². The molecule has 0 N–H and O–H groups in total. The smallest absolute Gasteiger partial charge is 0.0462 e. The topological polar surface area (TPSA) is 3.24 Å². The molecule has 0 fully saturated rings. The zero-order valence-corrected chi connectivity index (χ0v) is 42.3. The summed E-state index contributed by atoms with van der Waals surface area (Å²) in [6.45, 7) is 4.32. The van der Waals surface area contributed by atoms with Crippen LogP contribution in [0.25, 0.3) is 33.4 Å². The average molecular weight is 972 g/mol. The van der Waals surface area contributed by atoms with Crippen molar-refractivity contribution in [2.45, 2.75) is 71.8 Å². The molecular weight excluding hydrogens is 923 g/mol. The molecule has 12 rings (SSSR count). The van der Waals surface area contributed by atoms with Crippen molar-refractivity contribution in [3.05, 3.63) is 258 Å². The van der Waals surface area contributed by atoms with Crippen molar-refractivity contribution in [2.75, 3.05) is 4.90 Å². The van der Waals surface area contributed by atoms with Gasteiger partial charge < -0.3 is 4.90 Å². The first-order valence-electron chi connectivity index (χ1n) is 24.0. The van der Waals surface area contributed by atoms with Gasteiger partial charge in [-0.05, 0) is 150 Å². The Bertz CT molecular complexity index is 3470. The zero-order valence-electron chi connectivity index (χ0n) is 39.0. The fraction of sp³-hybridized carbons (Fsp3) is 0.0769. The third-order valence-electron chi connectivity index (χ3n) is 13.5. The highest BCUT2D eigenvalue weighted by Gasteiger charge is 2.23. The lowest BCUT2D eigenvalue weighted by atomic mass is 9.85. The Kier molecular flexibility index (Phi) is 12.5. The van der Waals surface area contributed by atoms with E-state index in [0.29, 0.717) is 0 Å². The van der Waals surface area contributed by atoms with Crippen LogP contribution in [0.1, 0.15) is 40.2 Å². The van der Waals surface area contributed by atoms with Gasteiger partial charge in [-0.1, -0.05) is 216 Å². The van der Waals surface area contributed by atoms with Gasteiger partial charge in [0.2, 0.25) is 0 Å². The molecule has 0 aromatic heterocycles. The highest BCUT2D eigenvalue weighted by Crippen LogP contribution is 2.53. The van der Waals surface area contributed by atoms with E-state index < -0.39 is 0 Å². The molecule has 338 valence electrons. The summed E-state index contributed by atoms with van der Waals surface area (Å²) in [6.07, 6.45) is 2.01. The van der Waals surface area contributed by atoms with Gasteiger partial charge in [0.05, 0.1) is 0 Å². The molecule has 0 amide bonds. The highest BCUT2D eigenvalue weighted by molar-refractivity contribution is 8.05. The Balaban J connectivity index is 0.764. The molecule has 70 heavy (non-hydrogen) atoms. The Morgan fingerprint density at radius 1 is 0.329 bits per heavy atom. The largest absolute Gasteiger partial charge is 0.311 e. The molecule has 1 nitrogen and oxygen atoms in total. The van der Waals surface area contributed by atoms with Gasteiger partial charge in [0.25, 0.3) is 0 Å². The number of fused-ring (bicyclic) bond motifs is 4. The van der Waals surface area contributed by atoms with Crippen molar-refractivity contribution < 1.29 is 0 Å². The standard InChI is InChI=1S/C65H49NS4/c1-43-17-24-48(25-18-43)55(49-28-30-50(31-29-49)56-9-7-15-62-64(56)69-60-13-5-3-11-58(60)67-62)42-23-45-21-26-46(27-22-45)47-32-38-53(39-33-47)66(52-36-19-44(2)20-37-52)54-40-34-51(35-41-54)57-10-8-16-63-65(57)70-61-14-6-4-12-59(61)68-63/h3-22,24-41,55H,23,42H2,1-2H3. The number of hydrogen-bond donors (Lipinski definition) is 0. The van der Waals surface area contributed by atoms with Crippen molar-refractivity contribution in [1.82, 2.24) is 0 Å². The van der Waals surface area contributed by atoms with Gasteiger partial charge in [-0.2, -0.15) is 0 Å². The minimum atomic E-state index is 0.288. The lowest BCUT2D eigenvalue weighted by molar-refractivity contribution is 0.715. The molecule has 0 spiro atoms. The first kappa shape index (κ1) is 44.6. The Hall–Kier alpha value is -6.60. The summed E-state index contributed by atoms with van der Waals surface area (Å²) in [5.74, 6) is 0.288. The van der Waals surface area contributed by atoms with Crippen LogP contribution in [0.3, 0.4) is 0 Å². The summed E-state index contributed by atoms with van der Waals surface area (Å²) in [6, 6.07) is 85.7. The summed E-state index contributed by atoms with van der Waals surface area (Å²) in [7, 11) is 0. The van der Waals surface area contributed by atoms with Crippen molar-refractivity contribution >= 4 is 64.1 Å². The van der Waals surface area contributed by atoms with Crippen LogP contribution in [-0.4, -0.2) is 0 Å². The SMILES string of the molecule is Cc1ccc(C(CCc2ccc(-c3ccc(N(c4ccc(C)cc4)c4ccc(-c5cccc6c5Sc5ccccc5S6)cc4)cc3)cc2)c2ccc(-c3cccc4c3Sc3ccccc3S4)cc2)cc1. The minimum Gasteiger partial charge on any atom is -0.311 e. The van der Waals surface area contributed by atoms with Crippen molar-refractivity contribution in [3.63, 3.8) is 0 Å². The maximum atomic E-state index is 2.37. The van der Waals surface area contributed by atoms with E-state index in [1.54, 1.807) is 0 Å². The lowest BCUT2D eigenvalue weighted by Gasteiger charge is -2.26. The van der Waals surface area contributed by atoms with Gasteiger partial charge >= 0.3 is 0 Å². The van der Waals surface area contributed by atoms with Crippen molar-refractivity contribution in [3.8, 4) is 33.4 Å². The Morgan fingerprint density at radius 3 is 1.16 bits per heavy atom. The summed E-state index contributed by atoms with van der Waals surface area (Å²) < 4.78 is 0. The van der Waals surface area contributed by atoms with Gasteiger partial charge in [-0.15, -0.1) is 0 Å². The molecule has 0 saturated carbocycles. The van der Waals surface area contributed by atoms with Gasteiger partial charge in [0.15, 0.2) is 0 Å². The van der Waals surface area contributed by atoms with E-state index in [1.165, 1.54) is 100 Å². The number of benzene rings is 10. The fourth-order valence-electron chi connectivity index (χ4n) is 9.68. The second-order valence-electron chi connectivity index (χ2n) is 18.2. The van der Waals surface area contributed by atoms with Crippen molar-refractivity contribution in [2.24, 2.45) is 0 Å². The molecule has 5 heteroatoms. The molecule has 2 aliphatic rings. The fourth-order valence-corrected chi connectivity index (χ4v) is 14.5. The second kappa shape index (κ2) is 19.7. The number of rotatable bonds is 11. The van der Waals surface area contributed by atoms with E-state index in [-0.39, 0.29) is 5.92 Å². The quantitative estimate of drug-likeness (QED) is 0.127. The molecule has 2 aliphatic heterocycles. The van der Waals surface area contributed by atoms with E-state index in [2.05, 4.69) is 249 Å². The number of nitrogens with zero attached hydrogens (tertiary/aromatic N) is 1. The Labute approximate surface area is 429 Å². The molecular formula is C65H49NS4. The third-order valence-corrected chi connectivity index (χ3v) is 18.7. The summed E-state index contributed by atoms with van der Waals surface area (Å²) in [4.78, 5) is 13.0. The monoisotopic (exact) mass is 971 g/mol. The molecule has 0 saturated heterocycles. The first-order valence-corrected chi connectivity index (χ1v) is 27.2. The highest BCUT2D eigenvalue weighted by atomic mass is 32.2. The van der Waals surface area contributed by atoms with Crippen LogP contribution >= 0.6 is 47.0 Å². The van der Waals surface area contributed by atoms with Gasteiger partial charge in [-0.3, -0.25) is 0 Å². The molecule has 1 unspecified atom stereocenters. The molecule has 2 heterocycles. The van der Waals surface area contributed by atoms with E-state index in [0.717, 1.165) is 29.9 Å². The molecule has 10 aromatic carbocycles.